The summed E-state index contributed by atoms with van der Waals surface area (Å²) in [6.45, 7) is 1.80. The van der Waals surface area contributed by atoms with E-state index in [0.29, 0.717) is 10.6 Å². The average Bonchev–Trinajstić information content (AvgIpc) is 2.41. The van der Waals surface area contributed by atoms with Gasteiger partial charge in [0.2, 0.25) is 10.0 Å². The molecular weight excluding hydrogens is 296 g/mol. The van der Waals surface area contributed by atoms with Crippen molar-refractivity contribution in [2.45, 2.75) is 18.7 Å². The Labute approximate surface area is 123 Å². The molecule has 6 heteroatoms. The van der Waals surface area contributed by atoms with Crippen LogP contribution in [0.3, 0.4) is 0 Å². The second kappa shape index (κ2) is 6.35. The van der Waals surface area contributed by atoms with Crippen LogP contribution in [-0.4, -0.2) is 13.4 Å². The summed E-state index contributed by atoms with van der Waals surface area (Å²) < 4.78 is 26.9. The number of aromatic nitrogens is 1. The summed E-state index contributed by atoms with van der Waals surface area (Å²) in [7, 11) is -3.41. The van der Waals surface area contributed by atoms with Crippen molar-refractivity contribution in [1.82, 2.24) is 9.71 Å². The van der Waals surface area contributed by atoms with Crippen LogP contribution in [0.1, 0.15) is 24.1 Å². The van der Waals surface area contributed by atoms with Gasteiger partial charge in [-0.3, -0.25) is 4.98 Å². The minimum Gasteiger partial charge on any atom is -0.265 e. The predicted molar refractivity (Wildman–Crippen MR) is 79.9 cm³/mol. The lowest BCUT2D eigenvalue weighted by molar-refractivity contribution is 0.566. The van der Waals surface area contributed by atoms with Crippen LogP contribution in [0.5, 0.6) is 0 Å². The molecule has 0 aliphatic heterocycles. The Morgan fingerprint density at radius 1 is 1.15 bits per heavy atom. The highest BCUT2D eigenvalue weighted by Crippen LogP contribution is 2.15. The molecule has 1 aromatic carbocycles. The number of hydrogen-bond donors (Lipinski definition) is 1. The van der Waals surface area contributed by atoms with Crippen LogP contribution in [0.4, 0.5) is 0 Å². The zero-order valence-corrected chi connectivity index (χ0v) is 12.5. The molecule has 0 aliphatic carbocycles. The van der Waals surface area contributed by atoms with E-state index >= 15 is 0 Å². The van der Waals surface area contributed by atoms with Crippen LogP contribution in [-0.2, 0) is 15.8 Å². The van der Waals surface area contributed by atoms with Crippen LogP contribution >= 0.6 is 11.6 Å². The number of sulfonamides is 1. The molecule has 0 bridgehead atoms. The predicted octanol–water partition coefficient (Wildman–Crippen LogP) is 2.92. The molecule has 0 aliphatic rings. The highest BCUT2D eigenvalue weighted by molar-refractivity contribution is 7.88. The lowest BCUT2D eigenvalue weighted by Gasteiger charge is -2.14. The van der Waals surface area contributed by atoms with Crippen LogP contribution in [0, 0.1) is 0 Å². The minimum absolute atomic E-state index is 0.0698. The highest BCUT2D eigenvalue weighted by Gasteiger charge is 2.16. The van der Waals surface area contributed by atoms with Crippen molar-refractivity contribution >= 4 is 21.6 Å². The Morgan fingerprint density at radius 3 is 2.35 bits per heavy atom. The zero-order chi connectivity index (χ0) is 14.6. The van der Waals surface area contributed by atoms with Gasteiger partial charge in [-0.15, -0.1) is 0 Å². The largest absolute Gasteiger partial charge is 0.265 e. The fourth-order valence-corrected chi connectivity index (χ4v) is 3.35. The molecule has 1 atom stereocenters. The van der Waals surface area contributed by atoms with Crippen molar-refractivity contribution in [3.05, 3.63) is 64.9 Å². The van der Waals surface area contributed by atoms with Crippen molar-refractivity contribution < 1.29 is 8.42 Å². The standard InChI is InChI=1S/C14H15ClN2O2S/c1-11(13-6-8-16-9-7-13)17-20(18,19)10-12-2-4-14(15)5-3-12/h2-9,11,17H,10H2,1H3/t11-/m1/s1. The van der Waals surface area contributed by atoms with E-state index < -0.39 is 10.0 Å². The van der Waals surface area contributed by atoms with Gasteiger partial charge in [0.25, 0.3) is 0 Å². The summed E-state index contributed by atoms with van der Waals surface area (Å²) in [6.07, 6.45) is 3.28. The quantitative estimate of drug-likeness (QED) is 0.923. The third-order valence-electron chi connectivity index (χ3n) is 2.83. The van der Waals surface area contributed by atoms with Gasteiger partial charge in [0, 0.05) is 23.5 Å². The Balaban J connectivity index is 2.06. The van der Waals surface area contributed by atoms with Gasteiger partial charge < -0.3 is 0 Å². The molecule has 4 nitrogen and oxygen atoms in total. The SMILES string of the molecule is C[C@@H](NS(=O)(=O)Cc1ccc(Cl)cc1)c1ccncc1. The van der Waals surface area contributed by atoms with E-state index in [9.17, 15) is 8.42 Å². The van der Waals surface area contributed by atoms with Crippen molar-refractivity contribution in [1.29, 1.82) is 0 Å². The first kappa shape index (κ1) is 15.0. The Morgan fingerprint density at radius 2 is 1.75 bits per heavy atom. The number of nitrogens with one attached hydrogen (secondary N) is 1. The molecular formula is C14H15ClN2O2S. The maximum Gasteiger partial charge on any atom is 0.216 e. The number of rotatable bonds is 5. The van der Waals surface area contributed by atoms with Gasteiger partial charge >= 0.3 is 0 Å². The lowest BCUT2D eigenvalue weighted by atomic mass is 10.1. The monoisotopic (exact) mass is 310 g/mol. The van der Waals surface area contributed by atoms with Crippen molar-refractivity contribution in [2.75, 3.05) is 0 Å². The summed E-state index contributed by atoms with van der Waals surface area (Å²) in [5.41, 5.74) is 1.57. The van der Waals surface area contributed by atoms with Crippen LogP contribution in [0.25, 0.3) is 0 Å². The molecule has 106 valence electrons. The van der Waals surface area contributed by atoms with E-state index in [1.807, 2.05) is 0 Å². The van der Waals surface area contributed by atoms with Gasteiger partial charge in [-0.05, 0) is 42.3 Å². The minimum atomic E-state index is -3.41. The molecule has 0 amide bonds. The average molecular weight is 311 g/mol. The number of benzene rings is 1. The Kier molecular flexibility index (Phi) is 4.75. The second-order valence-electron chi connectivity index (χ2n) is 4.51. The van der Waals surface area contributed by atoms with Crippen LogP contribution in [0.15, 0.2) is 48.8 Å². The zero-order valence-electron chi connectivity index (χ0n) is 11.0. The molecule has 0 saturated heterocycles. The molecule has 2 aromatic rings. The Hall–Kier alpha value is -1.43. The van der Waals surface area contributed by atoms with Crippen molar-refractivity contribution in [3.8, 4) is 0 Å². The van der Waals surface area contributed by atoms with Gasteiger partial charge in [0.1, 0.15) is 0 Å². The van der Waals surface area contributed by atoms with Crippen LogP contribution in [0.2, 0.25) is 5.02 Å². The maximum atomic E-state index is 12.1. The smallest absolute Gasteiger partial charge is 0.216 e. The molecule has 2 rings (SSSR count). The fraction of sp³-hybridized carbons (Fsp3) is 0.214. The summed E-state index contributed by atoms with van der Waals surface area (Å²) in [5, 5.41) is 0.587. The molecule has 0 unspecified atom stereocenters. The first-order chi connectivity index (χ1) is 9.46. The van der Waals surface area contributed by atoms with Gasteiger partial charge in [-0.25, -0.2) is 13.1 Å². The van der Waals surface area contributed by atoms with Crippen LogP contribution < -0.4 is 4.72 Å². The molecule has 0 radical (unpaired) electrons. The maximum absolute atomic E-state index is 12.1. The highest BCUT2D eigenvalue weighted by atomic mass is 35.5. The van der Waals surface area contributed by atoms with E-state index in [2.05, 4.69) is 9.71 Å². The van der Waals surface area contributed by atoms with E-state index in [1.165, 1.54) is 0 Å². The molecule has 0 saturated carbocycles. The van der Waals surface area contributed by atoms with Gasteiger partial charge in [-0.1, -0.05) is 23.7 Å². The van der Waals surface area contributed by atoms with E-state index in [0.717, 1.165) is 5.56 Å². The third kappa shape index (κ3) is 4.30. The summed E-state index contributed by atoms with van der Waals surface area (Å²) >= 11 is 5.78. The fourth-order valence-electron chi connectivity index (χ4n) is 1.83. The van der Waals surface area contributed by atoms with E-state index in [4.69, 9.17) is 11.6 Å². The molecule has 0 spiro atoms. The van der Waals surface area contributed by atoms with E-state index in [-0.39, 0.29) is 11.8 Å². The van der Waals surface area contributed by atoms with Crippen molar-refractivity contribution in [3.63, 3.8) is 0 Å². The van der Waals surface area contributed by atoms with Gasteiger partial charge in [0.05, 0.1) is 5.75 Å². The molecule has 1 heterocycles. The molecule has 1 N–H and O–H groups in total. The normalized spacial score (nSPS) is 13.1. The van der Waals surface area contributed by atoms with Gasteiger partial charge in [-0.2, -0.15) is 0 Å². The first-order valence-electron chi connectivity index (χ1n) is 6.11. The second-order valence-corrected chi connectivity index (χ2v) is 6.70. The number of nitrogens with zero attached hydrogens (tertiary/aromatic N) is 1. The number of halogens is 1. The number of pyridine rings is 1. The van der Waals surface area contributed by atoms with Gasteiger partial charge in [0.15, 0.2) is 0 Å². The third-order valence-corrected chi connectivity index (χ3v) is 4.51. The first-order valence-corrected chi connectivity index (χ1v) is 8.14. The summed E-state index contributed by atoms with van der Waals surface area (Å²) in [5.74, 6) is -0.0698. The Bertz CT molecular complexity index is 657. The molecule has 0 fully saturated rings. The summed E-state index contributed by atoms with van der Waals surface area (Å²) in [6, 6.07) is 10.1. The topological polar surface area (TPSA) is 59.1 Å². The number of hydrogen-bond acceptors (Lipinski definition) is 3. The molecule has 20 heavy (non-hydrogen) atoms. The van der Waals surface area contributed by atoms with E-state index in [1.54, 1.807) is 55.7 Å². The lowest BCUT2D eigenvalue weighted by Crippen LogP contribution is -2.28. The summed E-state index contributed by atoms with van der Waals surface area (Å²) in [4.78, 5) is 3.91. The van der Waals surface area contributed by atoms with Crippen molar-refractivity contribution in [2.24, 2.45) is 0 Å². The molecule has 1 aromatic heterocycles.